The van der Waals surface area contributed by atoms with Crippen molar-refractivity contribution in [1.82, 2.24) is 9.97 Å². The van der Waals surface area contributed by atoms with Crippen molar-refractivity contribution < 1.29 is 4.79 Å². The van der Waals surface area contributed by atoms with Gasteiger partial charge in [0.2, 0.25) is 0 Å². The summed E-state index contributed by atoms with van der Waals surface area (Å²) in [6.45, 7) is 2.15. The lowest BCUT2D eigenvalue weighted by molar-refractivity contribution is 0.0981. The molecule has 0 bridgehead atoms. The molecule has 0 spiro atoms. The largest absolute Gasteiger partial charge is 0.292 e. The van der Waals surface area contributed by atoms with Gasteiger partial charge < -0.3 is 0 Å². The Kier molecular flexibility index (Phi) is 9.33. The highest BCUT2D eigenvalue weighted by molar-refractivity contribution is 6.03. The summed E-state index contributed by atoms with van der Waals surface area (Å²) >= 11 is 0. The molecule has 0 aliphatic heterocycles. The third-order valence-electron chi connectivity index (χ3n) is 2.98. The Morgan fingerprint density at radius 3 is 2.50 bits per heavy atom. The van der Waals surface area contributed by atoms with Crippen LogP contribution in [0.3, 0.4) is 0 Å². The molecule has 0 saturated carbocycles. The van der Waals surface area contributed by atoms with E-state index in [0.717, 1.165) is 29.8 Å². The van der Waals surface area contributed by atoms with Gasteiger partial charge in [0, 0.05) is 12.4 Å². The van der Waals surface area contributed by atoms with Crippen LogP contribution in [0.5, 0.6) is 0 Å². The van der Waals surface area contributed by atoms with Gasteiger partial charge in [-0.2, -0.15) is 0 Å². The van der Waals surface area contributed by atoms with Gasteiger partial charge in [0.1, 0.15) is 11.5 Å². The van der Waals surface area contributed by atoms with Gasteiger partial charge in [-0.1, -0.05) is 25.5 Å². The Labute approximate surface area is 142 Å². The first-order valence-corrected chi connectivity index (χ1v) is 6.67. The zero-order valence-corrected chi connectivity index (χ0v) is 13.9. The van der Waals surface area contributed by atoms with Crippen LogP contribution in [0.25, 0.3) is 0 Å². The van der Waals surface area contributed by atoms with Gasteiger partial charge in [-0.15, -0.1) is 24.8 Å². The molecule has 0 unspecified atom stereocenters. The maximum absolute atomic E-state index is 12.1. The second-order valence-corrected chi connectivity index (χ2v) is 4.52. The predicted octanol–water partition coefficient (Wildman–Crippen LogP) is 3.18. The molecule has 0 fully saturated rings. The summed E-state index contributed by atoms with van der Waals surface area (Å²) in [4.78, 5) is 20.3. The van der Waals surface area contributed by atoms with E-state index in [1.807, 2.05) is 6.07 Å². The number of aryl methyl sites for hydroxylation is 1. The van der Waals surface area contributed by atoms with Crippen molar-refractivity contribution in [3.05, 3.63) is 54.0 Å². The second-order valence-electron chi connectivity index (χ2n) is 4.52. The highest BCUT2D eigenvalue weighted by Gasteiger charge is 2.16. The van der Waals surface area contributed by atoms with Gasteiger partial charge in [0.15, 0.2) is 0 Å². The lowest BCUT2D eigenvalue weighted by Gasteiger charge is -2.15. The van der Waals surface area contributed by atoms with E-state index in [1.54, 1.807) is 36.7 Å². The van der Waals surface area contributed by atoms with Crippen molar-refractivity contribution in [1.29, 1.82) is 0 Å². The number of amides is 1. The van der Waals surface area contributed by atoms with Crippen molar-refractivity contribution in [2.24, 2.45) is 5.84 Å². The molecule has 22 heavy (non-hydrogen) atoms. The highest BCUT2D eigenvalue weighted by atomic mass is 35.5. The van der Waals surface area contributed by atoms with Crippen molar-refractivity contribution >= 4 is 36.5 Å². The molecule has 0 saturated heterocycles. The van der Waals surface area contributed by atoms with Crippen LogP contribution in [-0.4, -0.2) is 15.9 Å². The molecular formula is C15H20Cl2N4O. The van der Waals surface area contributed by atoms with Gasteiger partial charge in [-0.3, -0.25) is 9.78 Å². The number of unbranched alkanes of at least 4 members (excludes halogenated alkanes) is 1. The number of hydrazine groups is 1. The third-order valence-corrected chi connectivity index (χ3v) is 2.98. The van der Waals surface area contributed by atoms with Crippen LogP contribution in [0.2, 0.25) is 0 Å². The number of pyridine rings is 2. The molecule has 0 aliphatic rings. The minimum Gasteiger partial charge on any atom is -0.265 e. The summed E-state index contributed by atoms with van der Waals surface area (Å²) in [5, 5.41) is 1.02. The normalized spacial score (nSPS) is 9.36. The first kappa shape index (κ1) is 20.3. The maximum Gasteiger partial charge on any atom is 0.292 e. The van der Waals surface area contributed by atoms with Gasteiger partial charge in [0.25, 0.3) is 5.91 Å². The molecule has 0 aliphatic carbocycles. The number of anilines is 1. The first-order valence-electron chi connectivity index (χ1n) is 6.67. The van der Waals surface area contributed by atoms with Crippen molar-refractivity contribution in [2.75, 3.05) is 5.01 Å². The van der Waals surface area contributed by atoms with E-state index < -0.39 is 0 Å². The van der Waals surface area contributed by atoms with E-state index in [9.17, 15) is 4.79 Å². The number of hydrogen-bond acceptors (Lipinski definition) is 4. The summed E-state index contributed by atoms with van der Waals surface area (Å²) in [6.07, 6.45) is 6.57. The predicted molar refractivity (Wildman–Crippen MR) is 92.6 cm³/mol. The minimum atomic E-state index is -0.376. The monoisotopic (exact) mass is 342 g/mol. The molecule has 2 aromatic rings. The second kappa shape index (κ2) is 10.1. The number of halogens is 2. The quantitative estimate of drug-likeness (QED) is 0.514. The van der Waals surface area contributed by atoms with Crippen molar-refractivity contribution in [3.8, 4) is 0 Å². The number of aromatic nitrogens is 2. The van der Waals surface area contributed by atoms with Crippen LogP contribution in [0, 0.1) is 0 Å². The molecule has 2 heterocycles. The number of carbonyl (C=O) groups is 1. The molecule has 120 valence electrons. The van der Waals surface area contributed by atoms with Gasteiger partial charge in [-0.05, 0) is 36.6 Å². The van der Waals surface area contributed by atoms with Crippen molar-refractivity contribution in [3.63, 3.8) is 0 Å². The zero-order chi connectivity index (χ0) is 14.4. The SMILES string of the molecule is CCCCc1ccc(N(N)C(=O)c2ccccn2)nc1.Cl.Cl. The Morgan fingerprint density at radius 1 is 1.18 bits per heavy atom. The zero-order valence-electron chi connectivity index (χ0n) is 12.3. The average molecular weight is 343 g/mol. The molecule has 2 rings (SSSR count). The number of hydrogen-bond donors (Lipinski definition) is 1. The molecule has 2 aromatic heterocycles. The Hall–Kier alpha value is -1.69. The fraction of sp³-hybridized carbons (Fsp3) is 0.267. The lowest BCUT2D eigenvalue weighted by atomic mass is 10.1. The molecule has 0 atom stereocenters. The van der Waals surface area contributed by atoms with Crippen LogP contribution in [0.4, 0.5) is 5.82 Å². The molecule has 0 radical (unpaired) electrons. The molecule has 1 amide bonds. The van der Waals surface area contributed by atoms with E-state index in [-0.39, 0.29) is 30.7 Å². The topological polar surface area (TPSA) is 72.1 Å². The number of rotatable bonds is 5. The number of carbonyl (C=O) groups excluding carboxylic acids is 1. The average Bonchev–Trinajstić information content (AvgIpc) is 2.53. The van der Waals surface area contributed by atoms with E-state index in [2.05, 4.69) is 16.9 Å². The molecular weight excluding hydrogens is 323 g/mol. The number of nitrogens with two attached hydrogens (primary N) is 1. The lowest BCUT2D eigenvalue weighted by Crippen LogP contribution is -2.38. The summed E-state index contributed by atoms with van der Waals surface area (Å²) in [5.74, 6) is 5.84. The first-order chi connectivity index (χ1) is 9.72. The highest BCUT2D eigenvalue weighted by Crippen LogP contribution is 2.12. The molecule has 2 N–H and O–H groups in total. The molecule has 5 nitrogen and oxygen atoms in total. The summed E-state index contributed by atoms with van der Waals surface area (Å²) < 4.78 is 0. The van der Waals surface area contributed by atoms with E-state index in [0.29, 0.717) is 11.5 Å². The Morgan fingerprint density at radius 2 is 1.95 bits per heavy atom. The van der Waals surface area contributed by atoms with E-state index >= 15 is 0 Å². The Balaban J connectivity index is 0.00000220. The molecule has 0 aromatic carbocycles. The van der Waals surface area contributed by atoms with E-state index in [1.165, 1.54) is 0 Å². The Bertz CT molecular complexity index is 564. The van der Waals surface area contributed by atoms with Crippen LogP contribution in [0.1, 0.15) is 35.8 Å². The van der Waals surface area contributed by atoms with Gasteiger partial charge in [0.05, 0.1) is 0 Å². The van der Waals surface area contributed by atoms with Crippen molar-refractivity contribution in [2.45, 2.75) is 26.2 Å². The standard InChI is InChI=1S/C15H18N4O.2ClH/c1-2-3-6-12-8-9-14(18-11-12)19(16)15(20)13-7-4-5-10-17-13;;/h4-5,7-11H,2-3,6,16H2,1H3;2*1H. The summed E-state index contributed by atoms with van der Waals surface area (Å²) in [6, 6.07) is 8.82. The minimum absolute atomic E-state index is 0. The van der Waals surface area contributed by atoms with Crippen LogP contribution >= 0.6 is 24.8 Å². The third kappa shape index (κ3) is 5.26. The fourth-order valence-electron chi connectivity index (χ4n) is 1.80. The summed E-state index contributed by atoms with van der Waals surface area (Å²) in [5.41, 5.74) is 1.45. The fourth-order valence-corrected chi connectivity index (χ4v) is 1.80. The number of nitrogens with zero attached hydrogens (tertiary/aromatic N) is 3. The van der Waals surface area contributed by atoms with Crippen LogP contribution < -0.4 is 10.9 Å². The van der Waals surface area contributed by atoms with Crippen LogP contribution in [0.15, 0.2) is 42.7 Å². The van der Waals surface area contributed by atoms with Gasteiger partial charge in [-0.25, -0.2) is 15.8 Å². The molecule has 7 heteroatoms. The van der Waals surface area contributed by atoms with E-state index in [4.69, 9.17) is 5.84 Å². The smallest absolute Gasteiger partial charge is 0.265 e. The van der Waals surface area contributed by atoms with Gasteiger partial charge >= 0.3 is 0 Å². The van der Waals surface area contributed by atoms with Crippen LogP contribution in [-0.2, 0) is 6.42 Å². The maximum atomic E-state index is 12.1. The summed E-state index contributed by atoms with van der Waals surface area (Å²) in [7, 11) is 0.